The van der Waals surface area contributed by atoms with Crippen molar-refractivity contribution in [2.24, 2.45) is 11.8 Å². The molecule has 0 saturated carbocycles. The first-order valence-electron chi connectivity index (χ1n) is 9.92. The van der Waals surface area contributed by atoms with Crippen molar-refractivity contribution in [1.82, 2.24) is 0 Å². The Morgan fingerprint density at radius 1 is 1.07 bits per heavy atom. The first-order chi connectivity index (χ1) is 13.3. The van der Waals surface area contributed by atoms with Crippen LogP contribution in [0.5, 0.6) is 0 Å². The molecule has 0 aromatic heterocycles. The van der Waals surface area contributed by atoms with Gasteiger partial charge in [-0.25, -0.2) is 0 Å². The number of carbonyl (C=O) groups excluding carboxylic acids is 1. The minimum Gasteiger partial charge on any atom is -0.459 e. The van der Waals surface area contributed by atoms with Crippen molar-refractivity contribution in [2.45, 2.75) is 59.4 Å². The monoisotopic (exact) mass is 400 g/mol. The van der Waals surface area contributed by atoms with E-state index in [1.807, 2.05) is 12.1 Å². The van der Waals surface area contributed by atoms with Crippen molar-refractivity contribution in [2.75, 3.05) is 0 Å². The lowest BCUT2D eigenvalue weighted by Gasteiger charge is -2.43. The molecule has 0 aliphatic carbocycles. The maximum Gasteiger partial charge on any atom is 0.303 e. The predicted molar refractivity (Wildman–Crippen MR) is 113 cm³/mol. The van der Waals surface area contributed by atoms with E-state index >= 15 is 0 Å². The van der Waals surface area contributed by atoms with Crippen molar-refractivity contribution in [3.05, 3.63) is 69.7 Å². The van der Waals surface area contributed by atoms with Gasteiger partial charge in [0.15, 0.2) is 0 Å². The van der Waals surface area contributed by atoms with Gasteiger partial charge < -0.3 is 9.47 Å². The van der Waals surface area contributed by atoms with E-state index in [1.54, 1.807) is 0 Å². The fraction of sp³-hybridized carbons (Fsp3) is 0.458. The number of hydrogen-bond donors (Lipinski definition) is 0. The third-order valence-electron chi connectivity index (χ3n) is 5.96. The summed E-state index contributed by atoms with van der Waals surface area (Å²) in [5.41, 5.74) is 4.50. The molecule has 0 N–H and O–H groups in total. The lowest BCUT2D eigenvalue weighted by molar-refractivity contribution is -0.193. The summed E-state index contributed by atoms with van der Waals surface area (Å²) in [6, 6.07) is 14.5. The number of aryl methyl sites for hydroxylation is 1. The molecule has 0 spiro atoms. The number of benzene rings is 2. The van der Waals surface area contributed by atoms with Crippen LogP contribution in [-0.2, 0) is 20.7 Å². The Morgan fingerprint density at radius 2 is 1.75 bits per heavy atom. The van der Waals surface area contributed by atoms with E-state index in [-0.39, 0.29) is 30.2 Å². The molecule has 1 saturated heterocycles. The first kappa shape index (κ1) is 20.9. The maximum absolute atomic E-state index is 11.7. The minimum absolute atomic E-state index is 0.0861. The number of ether oxygens (including phenoxy) is 2. The summed E-state index contributed by atoms with van der Waals surface area (Å²) in [4.78, 5) is 11.7. The molecule has 2 aromatic rings. The molecule has 5 atom stereocenters. The molecule has 4 heteroatoms. The van der Waals surface area contributed by atoms with Gasteiger partial charge in [-0.05, 0) is 48.9 Å². The summed E-state index contributed by atoms with van der Waals surface area (Å²) >= 11 is 6.49. The Kier molecular flexibility index (Phi) is 6.47. The van der Waals surface area contributed by atoms with E-state index in [0.29, 0.717) is 5.92 Å². The van der Waals surface area contributed by atoms with Crippen molar-refractivity contribution >= 4 is 17.6 Å². The van der Waals surface area contributed by atoms with Crippen LogP contribution >= 0.6 is 11.6 Å². The van der Waals surface area contributed by atoms with Crippen molar-refractivity contribution in [3.8, 4) is 0 Å². The van der Waals surface area contributed by atoms with Gasteiger partial charge in [0.25, 0.3) is 0 Å². The van der Waals surface area contributed by atoms with E-state index in [9.17, 15) is 4.79 Å². The standard InChI is InChI=1S/C24H29ClO3/c1-14-6-8-19(9-7-14)12-21-13-20(10-11-22(21)25)24-23(28-18(5)26)16(3)15(2)17(4)27-24/h6-11,13,15-17,23-24H,12H2,1-5H3. The van der Waals surface area contributed by atoms with Gasteiger partial charge in [0.1, 0.15) is 12.2 Å². The number of halogens is 1. The Labute approximate surface area is 173 Å². The van der Waals surface area contributed by atoms with Gasteiger partial charge in [-0.2, -0.15) is 0 Å². The molecule has 1 fully saturated rings. The largest absolute Gasteiger partial charge is 0.459 e. The smallest absolute Gasteiger partial charge is 0.303 e. The highest BCUT2D eigenvalue weighted by atomic mass is 35.5. The van der Waals surface area contributed by atoms with Crippen LogP contribution in [0.4, 0.5) is 0 Å². The average Bonchev–Trinajstić information content (AvgIpc) is 2.65. The molecule has 0 bridgehead atoms. The molecule has 1 aliphatic heterocycles. The number of hydrogen-bond acceptors (Lipinski definition) is 3. The fourth-order valence-corrected chi connectivity index (χ4v) is 4.08. The Bertz CT molecular complexity index is 830. The molecule has 28 heavy (non-hydrogen) atoms. The first-order valence-corrected chi connectivity index (χ1v) is 10.3. The van der Waals surface area contributed by atoms with Crippen LogP contribution in [0.3, 0.4) is 0 Å². The van der Waals surface area contributed by atoms with Crippen LogP contribution in [0.15, 0.2) is 42.5 Å². The second kappa shape index (κ2) is 8.67. The molecule has 2 aromatic carbocycles. The maximum atomic E-state index is 11.7. The third kappa shape index (κ3) is 4.59. The van der Waals surface area contributed by atoms with Crippen LogP contribution in [-0.4, -0.2) is 18.2 Å². The topological polar surface area (TPSA) is 35.5 Å². The van der Waals surface area contributed by atoms with Gasteiger partial charge in [0.2, 0.25) is 0 Å². The molecular formula is C24H29ClO3. The fourth-order valence-electron chi connectivity index (χ4n) is 3.90. The predicted octanol–water partition coefficient (Wildman–Crippen LogP) is 5.90. The van der Waals surface area contributed by atoms with Crippen molar-refractivity contribution in [1.29, 1.82) is 0 Å². The summed E-state index contributed by atoms with van der Waals surface area (Å²) in [5, 5.41) is 0.735. The van der Waals surface area contributed by atoms with Crippen LogP contribution in [0.1, 0.15) is 56.1 Å². The quantitative estimate of drug-likeness (QED) is 0.599. The van der Waals surface area contributed by atoms with Gasteiger partial charge >= 0.3 is 5.97 Å². The lowest BCUT2D eigenvalue weighted by atomic mass is 9.80. The van der Waals surface area contributed by atoms with Gasteiger partial charge in [-0.3, -0.25) is 4.79 Å². The van der Waals surface area contributed by atoms with Crippen LogP contribution in [0.2, 0.25) is 5.02 Å². The van der Waals surface area contributed by atoms with Crippen molar-refractivity contribution < 1.29 is 14.3 Å². The van der Waals surface area contributed by atoms with Gasteiger partial charge in [0.05, 0.1) is 6.10 Å². The molecular weight excluding hydrogens is 372 g/mol. The Hall–Kier alpha value is -1.84. The summed E-state index contributed by atoms with van der Waals surface area (Å²) in [6.07, 6.45) is 0.235. The highest BCUT2D eigenvalue weighted by molar-refractivity contribution is 6.31. The van der Waals surface area contributed by atoms with Gasteiger partial charge in [-0.15, -0.1) is 0 Å². The summed E-state index contributed by atoms with van der Waals surface area (Å²) in [7, 11) is 0. The summed E-state index contributed by atoms with van der Waals surface area (Å²) in [6.45, 7) is 9.90. The SMILES string of the molecule is CC(=O)OC1C(c2ccc(Cl)c(Cc3ccc(C)cc3)c2)OC(C)C(C)C1C. The zero-order valence-corrected chi connectivity index (χ0v) is 18.0. The molecule has 0 radical (unpaired) electrons. The minimum atomic E-state index is -0.308. The number of carbonyl (C=O) groups is 1. The van der Waals surface area contributed by atoms with Gasteiger partial charge in [-0.1, -0.05) is 67.4 Å². The highest BCUT2D eigenvalue weighted by Gasteiger charge is 2.42. The van der Waals surface area contributed by atoms with E-state index in [1.165, 1.54) is 18.1 Å². The number of rotatable bonds is 4. The summed E-state index contributed by atoms with van der Waals surface area (Å²) in [5.74, 6) is 0.231. The molecule has 1 heterocycles. The molecule has 150 valence electrons. The van der Waals surface area contributed by atoms with Crippen LogP contribution in [0, 0.1) is 18.8 Å². The van der Waals surface area contributed by atoms with Crippen LogP contribution < -0.4 is 0 Å². The molecule has 1 aliphatic rings. The molecule has 3 rings (SSSR count). The zero-order chi connectivity index (χ0) is 20.4. The van der Waals surface area contributed by atoms with E-state index in [0.717, 1.165) is 22.6 Å². The Morgan fingerprint density at radius 3 is 2.39 bits per heavy atom. The normalized spacial score (nSPS) is 27.4. The molecule has 0 amide bonds. The highest BCUT2D eigenvalue weighted by Crippen LogP contribution is 2.41. The number of esters is 1. The third-order valence-corrected chi connectivity index (χ3v) is 6.33. The second-order valence-corrected chi connectivity index (χ2v) is 8.47. The van der Waals surface area contributed by atoms with Gasteiger partial charge in [0, 0.05) is 17.9 Å². The zero-order valence-electron chi connectivity index (χ0n) is 17.2. The average molecular weight is 401 g/mol. The van der Waals surface area contributed by atoms with Crippen LogP contribution in [0.25, 0.3) is 0 Å². The van der Waals surface area contributed by atoms with E-state index in [2.05, 4.69) is 58.0 Å². The Balaban J connectivity index is 1.92. The lowest BCUT2D eigenvalue weighted by Crippen LogP contribution is -2.45. The van der Waals surface area contributed by atoms with E-state index < -0.39 is 0 Å². The second-order valence-electron chi connectivity index (χ2n) is 8.07. The van der Waals surface area contributed by atoms with E-state index in [4.69, 9.17) is 21.1 Å². The summed E-state index contributed by atoms with van der Waals surface area (Å²) < 4.78 is 12.0. The molecule has 3 nitrogen and oxygen atoms in total. The van der Waals surface area contributed by atoms with Crippen molar-refractivity contribution in [3.63, 3.8) is 0 Å². The molecule has 5 unspecified atom stereocenters.